The number of fused-ring (bicyclic) bond motifs is 3. The van der Waals surface area contributed by atoms with Gasteiger partial charge < -0.3 is 9.84 Å². The summed E-state index contributed by atoms with van der Waals surface area (Å²) in [4.78, 5) is 11.3. The Morgan fingerprint density at radius 3 is 2.55 bits per heavy atom. The van der Waals surface area contributed by atoms with Crippen LogP contribution in [0.1, 0.15) is 33.1 Å². The molecule has 7 heteroatoms. The predicted octanol–water partition coefficient (Wildman–Crippen LogP) is 4.37. The molecule has 0 saturated heterocycles. The first-order valence-electron chi connectivity index (χ1n) is 9.69. The zero-order valence-electron chi connectivity index (χ0n) is 16.2. The third-order valence-corrected chi connectivity index (χ3v) is 5.61. The largest absolute Gasteiger partial charge is 0.492 e. The second kappa shape index (κ2) is 7.26. The summed E-state index contributed by atoms with van der Waals surface area (Å²) in [6, 6.07) is 20.0. The van der Waals surface area contributed by atoms with Crippen LogP contribution in [0.25, 0.3) is 0 Å². The van der Waals surface area contributed by atoms with Crippen LogP contribution in [-0.4, -0.2) is 23.4 Å². The highest BCUT2D eigenvalue weighted by molar-refractivity contribution is 6.08. The molecule has 2 aliphatic rings. The summed E-state index contributed by atoms with van der Waals surface area (Å²) in [5, 5.41) is 25.1. The fourth-order valence-electron chi connectivity index (χ4n) is 4.10. The van der Waals surface area contributed by atoms with Gasteiger partial charge in [-0.3, -0.25) is 5.01 Å². The molecule has 2 atom stereocenters. The van der Waals surface area contributed by atoms with Gasteiger partial charge in [-0.2, -0.15) is 10.4 Å². The Kier molecular flexibility index (Phi) is 4.41. The number of anilines is 1. The molecule has 5 rings (SSSR count). The summed E-state index contributed by atoms with van der Waals surface area (Å²) in [6.45, 7) is 0.309. The van der Waals surface area contributed by atoms with Crippen molar-refractivity contribution in [3.63, 3.8) is 0 Å². The number of hydrogen-bond donors (Lipinski definition) is 1. The minimum atomic E-state index is -1.02. The monoisotopic (exact) mass is 413 g/mol. The minimum Gasteiger partial charge on any atom is -0.492 e. The summed E-state index contributed by atoms with van der Waals surface area (Å²) < 4.78 is 19.5. The Morgan fingerprint density at radius 2 is 1.87 bits per heavy atom. The van der Waals surface area contributed by atoms with Crippen molar-refractivity contribution < 1.29 is 19.0 Å². The van der Waals surface area contributed by atoms with Gasteiger partial charge in [-0.15, -0.1) is 0 Å². The van der Waals surface area contributed by atoms with Crippen LogP contribution in [0, 0.1) is 23.1 Å². The Hall–Kier alpha value is -4.18. The zero-order chi connectivity index (χ0) is 21.5. The third-order valence-electron chi connectivity index (χ3n) is 5.61. The molecule has 0 saturated carbocycles. The first-order valence-corrected chi connectivity index (χ1v) is 9.69. The highest BCUT2D eigenvalue weighted by atomic mass is 19.1. The van der Waals surface area contributed by atoms with Crippen molar-refractivity contribution in [3.8, 4) is 11.8 Å². The Morgan fingerprint density at radius 1 is 1.13 bits per heavy atom. The lowest BCUT2D eigenvalue weighted by Crippen LogP contribution is -2.33. The van der Waals surface area contributed by atoms with E-state index in [-0.39, 0.29) is 23.3 Å². The molecule has 1 N–H and O–H groups in total. The zero-order valence-corrected chi connectivity index (χ0v) is 16.2. The van der Waals surface area contributed by atoms with Gasteiger partial charge in [-0.1, -0.05) is 12.1 Å². The lowest BCUT2D eigenvalue weighted by molar-refractivity contribution is 0.0696. The quantitative estimate of drug-likeness (QED) is 0.689. The van der Waals surface area contributed by atoms with Gasteiger partial charge in [0.1, 0.15) is 11.6 Å². The van der Waals surface area contributed by atoms with E-state index in [9.17, 15) is 14.3 Å². The van der Waals surface area contributed by atoms with Crippen LogP contribution in [0.2, 0.25) is 0 Å². The Labute approximate surface area is 177 Å². The Bertz CT molecular complexity index is 1250. The van der Waals surface area contributed by atoms with Gasteiger partial charge in [-0.05, 0) is 60.2 Å². The standard InChI is InChI=1S/C24H16FN3O3/c25-17-6-3-15(4-7-17)23-20-13-31-21-11-16(24(29)30)5-10-19(21)22(20)27-28(23)18-8-1-14(12-26)2-9-18/h1-11,20,23H,13H2,(H,29,30)/t20-,23-/m0/s1. The molecule has 0 aliphatic carbocycles. The van der Waals surface area contributed by atoms with Crippen LogP contribution in [0.5, 0.6) is 5.75 Å². The van der Waals surface area contributed by atoms with Crippen molar-refractivity contribution >= 4 is 17.4 Å². The molecule has 3 aromatic rings. The minimum absolute atomic E-state index is 0.135. The van der Waals surface area contributed by atoms with Gasteiger partial charge in [0, 0.05) is 5.56 Å². The normalized spacial score (nSPS) is 19.0. The highest BCUT2D eigenvalue weighted by Gasteiger charge is 2.43. The van der Waals surface area contributed by atoms with Crippen LogP contribution >= 0.6 is 0 Å². The van der Waals surface area contributed by atoms with Crippen molar-refractivity contribution in [2.24, 2.45) is 11.0 Å². The van der Waals surface area contributed by atoms with E-state index in [1.807, 2.05) is 17.1 Å². The van der Waals surface area contributed by atoms with Gasteiger partial charge in [-0.25, -0.2) is 9.18 Å². The molecule has 6 nitrogen and oxygen atoms in total. The maximum Gasteiger partial charge on any atom is 0.335 e. The predicted molar refractivity (Wildman–Crippen MR) is 112 cm³/mol. The van der Waals surface area contributed by atoms with Crippen LogP contribution < -0.4 is 9.75 Å². The number of rotatable bonds is 3. The first-order chi connectivity index (χ1) is 15.0. The number of aromatic carboxylic acids is 1. The van der Waals surface area contributed by atoms with Crippen molar-refractivity contribution in [2.45, 2.75) is 6.04 Å². The maximum atomic E-state index is 13.6. The van der Waals surface area contributed by atoms with Crippen LogP contribution in [0.3, 0.4) is 0 Å². The number of benzene rings is 3. The smallest absolute Gasteiger partial charge is 0.335 e. The number of hydrogen-bond acceptors (Lipinski definition) is 5. The van der Waals surface area contributed by atoms with Crippen LogP contribution in [-0.2, 0) is 0 Å². The molecule has 2 aliphatic heterocycles. The molecule has 3 aromatic carbocycles. The molecule has 2 heterocycles. The second-order valence-corrected chi connectivity index (χ2v) is 7.42. The van der Waals surface area contributed by atoms with Crippen molar-refractivity contribution in [1.82, 2.24) is 0 Å². The fourth-order valence-corrected chi connectivity index (χ4v) is 4.10. The van der Waals surface area contributed by atoms with Gasteiger partial charge in [0.2, 0.25) is 0 Å². The van der Waals surface area contributed by atoms with Gasteiger partial charge in [0.05, 0.1) is 47.2 Å². The number of nitrogens with zero attached hydrogens (tertiary/aromatic N) is 3. The number of halogens is 1. The third kappa shape index (κ3) is 3.19. The number of carboxylic acids is 1. The van der Waals surface area contributed by atoms with Gasteiger partial charge in [0.15, 0.2) is 0 Å². The van der Waals surface area contributed by atoms with Crippen molar-refractivity contribution in [2.75, 3.05) is 11.6 Å². The van der Waals surface area contributed by atoms with Crippen LogP contribution in [0.15, 0.2) is 71.8 Å². The molecule has 152 valence electrons. The molecule has 31 heavy (non-hydrogen) atoms. The van der Waals surface area contributed by atoms with E-state index in [1.54, 1.807) is 30.3 Å². The lowest BCUT2D eigenvalue weighted by atomic mass is 9.85. The second-order valence-electron chi connectivity index (χ2n) is 7.42. The molecular formula is C24H16FN3O3. The van der Waals surface area contributed by atoms with Crippen molar-refractivity contribution in [3.05, 3.63) is 94.8 Å². The molecule has 0 radical (unpaired) electrons. The Balaban J connectivity index is 1.62. The van der Waals surface area contributed by atoms with E-state index in [2.05, 4.69) is 6.07 Å². The molecule has 0 fully saturated rings. The molecule has 0 unspecified atom stereocenters. The molecular weight excluding hydrogens is 397 g/mol. The summed E-state index contributed by atoms with van der Waals surface area (Å²) in [5.41, 5.74) is 3.89. The van der Waals surface area contributed by atoms with Crippen molar-refractivity contribution in [1.29, 1.82) is 5.26 Å². The van der Waals surface area contributed by atoms with E-state index in [1.165, 1.54) is 24.3 Å². The average Bonchev–Trinajstić information content (AvgIpc) is 3.19. The summed E-state index contributed by atoms with van der Waals surface area (Å²) >= 11 is 0. The van der Waals surface area contributed by atoms with Crippen LogP contribution in [0.4, 0.5) is 10.1 Å². The fraction of sp³-hybridized carbons (Fsp3) is 0.125. The summed E-state index contributed by atoms with van der Waals surface area (Å²) in [5.74, 6) is -0.997. The average molecular weight is 413 g/mol. The number of hydrazone groups is 1. The van der Waals surface area contributed by atoms with Gasteiger partial charge >= 0.3 is 5.97 Å². The van der Waals surface area contributed by atoms with E-state index in [4.69, 9.17) is 15.1 Å². The highest BCUT2D eigenvalue weighted by Crippen LogP contribution is 2.44. The van der Waals surface area contributed by atoms with E-state index < -0.39 is 5.97 Å². The number of ether oxygens (including phenoxy) is 1. The van der Waals surface area contributed by atoms with E-state index in [0.29, 0.717) is 17.9 Å². The molecule has 0 spiro atoms. The number of nitriles is 1. The summed E-state index contributed by atoms with van der Waals surface area (Å²) in [6.07, 6.45) is 0. The topological polar surface area (TPSA) is 85.9 Å². The number of carboxylic acid groups (broad SMARTS) is 1. The number of carbonyl (C=O) groups is 1. The maximum absolute atomic E-state index is 13.6. The molecule has 0 aromatic heterocycles. The lowest BCUT2D eigenvalue weighted by Gasteiger charge is -2.30. The molecule has 0 amide bonds. The first kappa shape index (κ1) is 18.8. The van der Waals surface area contributed by atoms with Gasteiger partial charge in [0.25, 0.3) is 0 Å². The SMILES string of the molecule is N#Cc1ccc(N2N=C3c4ccc(C(=O)O)cc4OC[C@@H]3[C@@H]2c2ccc(F)cc2)cc1. The van der Waals surface area contributed by atoms with E-state index >= 15 is 0 Å². The molecule has 0 bridgehead atoms. The summed E-state index contributed by atoms with van der Waals surface area (Å²) in [7, 11) is 0. The van der Waals surface area contributed by atoms with E-state index in [0.717, 1.165) is 22.5 Å².